The summed E-state index contributed by atoms with van der Waals surface area (Å²) in [6, 6.07) is 9.77. The number of thiophene rings is 1. The Kier molecular flexibility index (Phi) is 5.85. The molecule has 1 atom stereocenters. The van der Waals surface area contributed by atoms with Gasteiger partial charge in [-0.25, -0.2) is 13.1 Å². The molecule has 1 fully saturated rings. The Bertz CT molecular complexity index is 813. The van der Waals surface area contributed by atoms with Crippen LogP contribution < -0.4 is 10.0 Å². The first kappa shape index (κ1) is 18.1. The van der Waals surface area contributed by atoms with E-state index in [0.717, 1.165) is 24.3 Å². The van der Waals surface area contributed by atoms with Crippen LogP contribution in [0.15, 0.2) is 46.7 Å². The Morgan fingerprint density at radius 2 is 2.16 bits per heavy atom. The van der Waals surface area contributed by atoms with Crippen molar-refractivity contribution < 1.29 is 17.9 Å². The molecule has 1 aliphatic rings. The average Bonchev–Trinajstić information content (AvgIpc) is 3.31. The minimum atomic E-state index is -3.67. The van der Waals surface area contributed by atoms with Crippen LogP contribution in [0.4, 0.5) is 0 Å². The molecule has 0 radical (unpaired) electrons. The van der Waals surface area contributed by atoms with Gasteiger partial charge < -0.3 is 10.1 Å². The van der Waals surface area contributed by atoms with Crippen LogP contribution >= 0.6 is 11.3 Å². The number of hydrogen-bond donors (Lipinski definition) is 2. The topological polar surface area (TPSA) is 84.5 Å². The summed E-state index contributed by atoms with van der Waals surface area (Å²) < 4.78 is 32.8. The highest BCUT2D eigenvalue weighted by Gasteiger charge is 2.19. The molecule has 3 rings (SSSR count). The van der Waals surface area contributed by atoms with Crippen molar-refractivity contribution in [2.45, 2.75) is 30.4 Å². The molecule has 2 aromatic rings. The fourth-order valence-corrected chi connectivity index (χ4v) is 4.37. The maximum absolute atomic E-state index is 12.4. The van der Waals surface area contributed by atoms with Crippen LogP contribution in [-0.2, 0) is 21.3 Å². The number of amides is 1. The molecule has 0 bridgehead atoms. The van der Waals surface area contributed by atoms with E-state index in [1.165, 1.54) is 23.5 Å². The Hall–Kier alpha value is -1.74. The summed E-state index contributed by atoms with van der Waals surface area (Å²) >= 11 is 1.48. The maximum Gasteiger partial charge on any atom is 0.251 e. The molecule has 8 heteroatoms. The first-order valence-corrected chi connectivity index (χ1v) is 10.4. The number of benzene rings is 1. The molecule has 2 heterocycles. The van der Waals surface area contributed by atoms with Crippen LogP contribution in [0.25, 0.3) is 0 Å². The Morgan fingerprint density at radius 3 is 2.88 bits per heavy atom. The highest BCUT2D eigenvalue weighted by Crippen LogP contribution is 2.15. The van der Waals surface area contributed by atoms with E-state index in [-0.39, 0.29) is 23.5 Å². The Labute approximate surface area is 151 Å². The number of nitrogens with one attached hydrogen (secondary N) is 2. The van der Waals surface area contributed by atoms with Gasteiger partial charge in [0, 0.05) is 30.1 Å². The van der Waals surface area contributed by atoms with Crippen molar-refractivity contribution in [3.05, 3.63) is 52.2 Å². The second-order valence-corrected chi connectivity index (χ2v) is 8.58. The molecule has 1 aliphatic heterocycles. The van der Waals surface area contributed by atoms with Crippen molar-refractivity contribution in [3.63, 3.8) is 0 Å². The number of rotatable bonds is 7. The van der Waals surface area contributed by atoms with Crippen molar-refractivity contribution in [3.8, 4) is 0 Å². The quantitative estimate of drug-likeness (QED) is 0.771. The lowest BCUT2D eigenvalue weighted by atomic mass is 10.2. The van der Waals surface area contributed by atoms with Crippen LogP contribution in [0.5, 0.6) is 0 Å². The Morgan fingerprint density at radius 1 is 1.28 bits per heavy atom. The van der Waals surface area contributed by atoms with Gasteiger partial charge in [0.1, 0.15) is 0 Å². The minimum Gasteiger partial charge on any atom is -0.376 e. The van der Waals surface area contributed by atoms with Gasteiger partial charge in [0.05, 0.1) is 11.0 Å². The van der Waals surface area contributed by atoms with E-state index in [1.54, 1.807) is 12.1 Å². The summed E-state index contributed by atoms with van der Waals surface area (Å²) in [5.74, 6) is -0.300. The molecular weight excluding hydrogens is 360 g/mol. The van der Waals surface area contributed by atoms with Gasteiger partial charge in [-0.15, -0.1) is 11.3 Å². The van der Waals surface area contributed by atoms with Gasteiger partial charge in [0.15, 0.2) is 0 Å². The van der Waals surface area contributed by atoms with Gasteiger partial charge in [-0.2, -0.15) is 0 Å². The Balaban J connectivity index is 1.64. The predicted octanol–water partition coefficient (Wildman–Crippen LogP) is 2.14. The van der Waals surface area contributed by atoms with Crippen molar-refractivity contribution in [2.24, 2.45) is 0 Å². The van der Waals surface area contributed by atoms with Gasteiger partial charge in [-0.1, -0.05) is 12.1 Å². The van der Waals surface area contributed by atoms with Crippen molar-refractivity contribution >= 4 is 27.3 Å². The van der Waals surface area contributed by atoms with Crippen molar-refractivity contribution in [2.75, 3.05) is 13.2 Å². The second-order valence-electron chi connectivity index (χ2n) is 5.78. The molecule has 6 nitrogen and oxygen atoms in total. The SMILES string of the molecule is O=C(NCC1CCCO1)c1cccc(S(=O)(=O)NCc2cccs2)c1. The van der Waals surface area contributed by atoms with Crippen LogP contribution in [0.2, 0.25) is 0 Å². The molecule has 2 N–H and O–H groups in total. The zero-order valence-electron chi connectivity index (χ0n) is 13.6. The van der Waals surface area contributed by atoms with E-state index in [2.05, 4.69) is 10.0 Å². The third kappa shape index (κ3) is 4.88. The number of carbonyl (C=O) groups is 1. The zero-order valence-corrected chi connectivity index (χ0v) is 15.2. The largest absolute Gasteiger partial charge is 0.376 e. The fourth-order valence-electron chi connectivity index (χ4n) is 2.58. The van der Waals surface area contributed by atoms with E-state index in [1.807, 2.05) is 17.5 Å². The molecule has 1 unspecified atom stereocenters. The lowest BCUT2D eigenvalue weighted by molar-refractivity contribution is 0.0857. The van der Waals surface area contributed by atoms with Crippen molar-refractivity contribution in [1.29, 1.82) is 0 Å². The van der Waals surface area contributed by atoms with Gasteiger partial charge in [0.25, 0.3) is 5.91 Å². The van der Waals surface area contributed by atoms with Crippen LogP contribution in [0.3, 0.4) is 0 Å². The predicted molar refractivity (Wildman–Crippen MR) is 96.1 cm³/mol. The summed E-state index contributed by atoms with van der Waals surface area (Å²) in [6.45, 7) is 1.39. The van der Waals surface area contributed by atoms with Crippen LogP contribution in [0, 0.1) is 0 Å². The van der Waals surface area contributed by atoms with Gasteiger partial charge >= 0.3 is 0 Å². The summed E-state index contributed by atoms with van der Waals surface area (Å²) in [4.78, 5) is 13.2. The van der Waals surface area contributed by atoms with Gasteiger partial charge in [-0.3, -0.25) is 4.79 Å². The van der Waals surface area contributed by atoms with E-state index in [9.17, 15) is 13.2 Å². The summed E-state index contributed by atoms with van der Waals surface area (Å²) in [5, 5.41) is 4.69. The highest BCUT2D eigenvalue weighted by molar-refractivity contribution is 7.89. The third-order valence-electron chi connectivity index (χ3n) is 3.94. The first-order chi connectivity index (χ1) is 12.0. The molecule has 1 aromatic heterocycles. The second kappa shape index (κ2) is 8.09. The molecule has 134 valence electrons. The smallest absolute Gasteiger partial charge is 0.251 e. The molecule has 0 aliphatic carbocycles. The maximum atomic E-state index is 12.4. The summed E-state index contributed by atoms with van der Waals surface area (Å²) in [6.07, 6.45) is 1.98. The third-order valence-corrected chi connectivity index (χ3v) is 6.21. The number of hydrogen-bond acceptors (Lipinski definition) is 5. The van der Waals surface area contributed by atoms with Gasteiger partial charge in [-0.05, 0) is 42.5 Å². The average molecular weight is 380 g/mol. The lowest BCUT2D eigenvalue weighted by Crippen LogP contribution is -2.32. The normalized spacial score (nSPS) is 17.5. The van der Waals surface area contributed by atoms with E-state index >= 15 is 0 Å². The molecule has 1 amide bonds. The van der Waals surface area contributed by atoms with E-state index in [0.29, 0.717) is 12.1 Å². The van der Waals surface area contributed by atoms with E-state index < -0.39 is 10.0 Å². The number of carbonyl (C=O) groups excluding carboxylic acids is 1. The number of ether oxygens (including phenoxy) is 1. The molecule has 0 spiro atoms. The van der Waals surface area contributed by atoms with Gasteiger partial charge in [0.2, 0.25) is 10.0 Å². The molecule has 1 aromatic carbocycles. The van der Waals surface area contributed by atoms with Crippen LogP contribution in [0.1, 0.15) is 28.1 Å². The highest BCUT2D eigenvalue weighted by atomic mass is 32.2. The lowest BCUT2D eigenvalue weighted by Gasteiger charge is -2.11. The summed E-state index contributed by atoms with van der Waals surface area (Å²) in [7, 11) is -3.67. The molecular formula is C17H20N2O4S2. The summed E-state index contributed by atoms with van der Waals surface area (Å²) in [5.41, 5.74) is 0.317. The van der Waals surface area contributed by atoms with Crippen molar-refractivity contribution in [1.82, 2.24) is 10.0 Å². The molecule has 1 saturated heterocycles. The van der Waals surface area contributed by atoms with Crippen LogP contribution in [-0.4, -0.2) is 33.6 Å². The van der Waals surface area contributed by atoms with E-state index in [4.69, 9.17) is 4.74 Å². The number of sulfonamides is 1. The monoisotopic (exact) mass is 380 g/mol. The minimum absolute atomic E-state index is 0.0447. The standard InChI is InChI=1S/C17H20N2O4S2/c20-17(18-11-14-5-2-8-23-14)13-4-1-7-16(10-13)25(21,22)19-12-15-6-3-9-24-15/h1,3-4,6-7,9-10,14,19H,2,5,8,11-12H2,(H,18,20). The molecule has 0 saturated carbocycles. The first-order valence-electron chi connectivity index (χ1n) is 8.06. The zero-order chi connectivity index (χ0) is 17.7. The molecule has 25 heavy (non-hydrogen) atoms. The fraction of sp³-hybridized carbons (Fsp3) is 0.353.